The number of halogens is 1. The zero-order valence-corrected chi connectivity index (χ0v) is 18.2. The summed E-state index contributed by atoms with van der Waals surface area (Å²) in [4.78, 5) is 31.3. The molecule has 0 aliphatic rings. The molecule has 0 unspecified atom stereocenters. The van der Waals surface area contributed by atoms with Crippen LogP contribution < -0.4 is 0 Å². The molecule has 0 saturated carbocycles. The Kier molecular flexibility index (Phi) is 6.13. The topological polar surface area (TPSA) is 72.6 Å². The smallest absolute Gasteiger partial charge is 0.341 e. The van der Waals surface area contributed by atoms with E-state index in [1.807, 2.05) is 16.8 Å². The minimum absolute atomic E-state index is 0.0760. The lowest BCUT2D eigenvalue weighted by molar-refractivity contribution is -0.130. The van der Waals surface area contributed by atoms with Gasteiger partial charge in [0.05, 0.1) is 30.6 Å². The summed E-state index contributed by atoms with van der Waals surface area (Å²) in [5, 5.41) is 4.81. The Morgan fingerprint density at radius 1 is 1.30 bits per heavy atom. The molecule has 3 aromatic rings. The number of methoxy groups -OCH3 is 1. The Bertz CT molecular complexity index is 976. The molecule has 0 atom stereocenters. The van der Waals surface area contributed by atoms with Gasteiger partial charge in [-0.05, 0) is 35.0 Å². The highest BCUT2D eigenvalue weighted by Crippen LogP contribution is 2.32. The molecule has 9 heteroatoms. The number of furan rings is 1. The van der Waals surface area contributed by atoms with Crippen molar-refractivity contribution in [3.8, 4) is 9.88 Å². The lowest BCUT2D eigenvalue weighted by Gasteiger charge is -2.14. The third-order valence-corrected chi connectivity index (χ3v) is 6.61. The molecule has 0 spiro atoms. The molecule has 142 valence electrons. The lowest BCUT2D eigenvalue weighted by atomic mass is 10.2. The number of carbonyl (C=O) groups excluding carboxylic acids is 2. The number of thiazole rings is 1. The number of aryl methyl sites for hydroxylation is 1. The maximum absolute atomic E-state index is 12.5. The van der Waals surface area contributed by atoms with E-state index in [2.05, 4.69) is 20.9 Å². The van der Waals surface area contributed by atoms with Gasteiger partial charge in [0, 0.05) is 22.3 Å². The fraction of sp³-hybridized carbons (Fsp3) is 0.278. The molecule has 1 amide bonds. The van der Waals surface area contributed by atoms with E-state index in [0.717, 1.165) is 20.1 Å². The second-order valence-corrected chi connectivity index (χ2v) is 8.56. The van der Waals surface area contributed by atoms with Gasteiger partial charge in [-0.25, -0.2) is 9.78 Å². The first-order chi connectivity index (χ1) is 12.9. The normalized spacial score (nSPS) is 10.8. The number of ether oxygens (including phenoxy) is 1. The van der Waals surface area contributed by atoms with Crippen molar-refractivity contribution in [3.05, 3.63) is 50.1 Å². The average molecular weight is 469 g/mol. The summed E-state index contributed by atoms with van der Waals surface area (Å²) in [5.74, 6) is 0.481. The Hall–Kier alpha value is -1.97. The standard InChI is InChI=1S/C18H17BrN2O4S2/c1-10-14(18(23)24-3)6-13(25-10)7-21(2)16(22)5-12-9-27-17(20-12)15-4-11(19)8-26-15/h4,6,8-9H,5,7H2,1-3H3. The third kappa shape index (κ3) is 4.66. The number of hydrogen-bond acceptors (Lipinski definition) is 7. The van der Waals surface area contributed by atoms with Crippen molar-refractivity contribution in [1.29, 1.82) is 0 Å². The van der Waals surface area contributed by atoms with Gasteiger partial charge in [-0.2, -0.15) is 0 Å². The predicted octanol–water partition coefficient (Wildman–Crippen LogP) is 4.52. The van der Waals surface area contributed by atoms with Crippen molar-refractivity contribution >= 4 is 50.5 Å². The van der Waals surface area contributed by atoms with E-state index in [9.17, 15) is 9.59 Å². The van der Waals surface area contributed by atoms with E-state index in [1.165, 1.54) is 18.4 Å². The summed E-state index contributed by atoms with van der Waals surface area (Å²) in [5.41, 5.74) is 1.11. The number of aromatic nitrogens is 1. The maximum atomic E-state index is 12.5. The molecule has 3 heterocycles. The van der Waals surface area contributed by atoms with Crippen molar-refractivity contribution in [2.45, 2.75) is 19.9 Å². The van der Waals surface area contributed by atoms with Gasteiger partial charge in [0.2, 0.25) is 5.91 Å². The van der Waals surface area contributed by atoms with Crippen molar-refractivity contribution in [2.75, 3.05) is 14.2 Å². The lowest BCUT2D eigenvalue weighted by Crippen LogP contribution is -2.27. The minimum atomic E-state index is -0.452. The molecule has 0 bridgehead atoms. The summed E-state index contributed by atoms with van der Waals surface area (Å²) in [6, 6.07) is 3.62. The minimum Gasteiger partial charge on any atom is -0.465 e. The second kappa shape index (κ2) is 8.37. The summed E-state index contributed by atoms with van der Waals surface area (Å²) in [6.45, 7) is 1.96. The zero-order valence-electron chi connectivity index (χ0n) is 14.9. The van der Waals surface area contributed by atoms with Gasteiger partial charge >= 0.3 is 5.97 Å². The van der Waals surface area contributed by atoms with Crippen LogP contribution in [0.2, 0.25) is 0 Å². The molecule has 0 aliphatic carbocycles. The summed E-state index contributed by atoms with van der Waals surface area (Å²) in [6.07, 6.45) is 0.211. The number of nitrogens with zero attached hydrogens (tertiary/aromatic N) is 2. The molecule has 27 heavy (non-hydrogen) atoms. The van der Waals surface area contributed by atoms with Crippen LogP contribution in [-0.2, 0) is 22.5 Å². The molecule has 3 aromatic heterocycles. The Morgan fingerprint density at radius 3 is 2.74 bits per heavy atom. The van der Waals surface area contributed by atoms with Crippen LogP contribution in [0.1, 0.15) is 27.6 Å². The Morgan fingerprint density at radius 2 is 2.07 bits per heavy atom. The van der Waals surface area contributed by atoms with Gasteiger partial charge < -0.3 is 14.1 Å². The van der Waals surface area contributed by atoms with Crippen LogP contribution in [0.3, 0.4) is 0 Å². The molecule has 0 aromatic carbocycles. The van der Waals surface area contributed by atoms with Crippen LogP contribution >= 0.6 is 38.6 Å². The van der Waals surface area contributed by atoms with Gasteiger partial charge in [-0.1, -0.05) is 0 Å². The molecule has 0 saturated heterocycles. The Labute approximate surface area is 172 Å². The van der Waals surface area contributed by atoms with E-state index in [-0.39, 0.29) is 18.9 Å². The first kappa shape index (κ1) is 19.8. The summed E-state index contributed by atoms with van der Waals surface area (Å²) < 4.78 is 11.3. The van der Waals surface area contributed by atoms with Gasteiger partial charge in [0.1, 0.15) is 22.1 Å². The predicted molar refractivity (Wildman–Crippen MR) is 108 cm³/mol. The largest absolute Gasteiger partial charge is 0.465 e. The number of amides is 1. The molecule has 0 N–H and O–H groups in total. The van der Waals surface area contributed by atoms with Crippen LogP contribution in [0.25, 0.3) is 9.88 Å². The SMILES string of the molecule is COC(=O)c1cc(CN(C)C(=O)Cc2csc(-c3cc(Br)cs3)n2)oc1C. The van der Waals surface area contributed by atoms with Gasteiger partial charge in [-0.3, -0.25) is 4.79 Å². The van der Waals surface area contributed by atoms with E-state index >= 15 is 0 Å². The molecular weight excluding hydrogens is 452 g/mol. The van der Waals surface area contributed by atoms with Crippen LogP contribution in [-0.4, -0.2) is 35.9 Å². The zero-order chi connectivity index (χ0) is 19.6. The van der Waals surface area contributed by atoms with E-state index in [1.54, 1.807) is 36.3 Å². The van der Waals surface area contributed by atoms with Crippen molar-refractivity contribution in [3.63, 3.8) is 0 Å². The number of hydrogen-bond donors (Lipinski definition) is 0. The first-order valence-corrected chi connectivity index (χ1v) is 10.5. The average Bonchev–Trinajstić information content (AvgIpc) is 3.34. The van der Waals surface area contributed by atoms with Crippen LogP contribution in [0.15, 0.2) is 31.8 Å². The first-order valence-electron chi connectivity index (χ1n) is 7.97. The Balaban J connectivity index is 1.63. The molecule has 0 radical (unpaired) electrons. The van der Waals surface area contributed by atoms with Gasteiger partial charge in [0.25, 0.3) is 0 Å². The molecule has 3 rings (SSSR count). The molecule has 0 fully saturated rings. The number of thiophene rings is 1. The molecule has 6 nitrogen and oxygen atoms in total. The quantitative estimate of drug-likeness (QED) is 0.497. The van der Waals surface area contributed by atoms with Crippen molar-refractivity contribution in [2.24, 2.45) is 0 Å². The number of likely N-dealkylation sites (N-methyl/N-ethyl adjacent to an activating group) is 1. The highest BCUT2D eigenvalue weighted by molar-refractivity contribution is 9.10. The van der Waals surface area contributed by atoms with E-state index in [4.69, 9.17) is 9.15 Å². The third-order valence-electron chi connectivity index (χ3n) is 3.86. The maximum Gasteiger partial charge on any atom is 0.341 e. The van der Waals surface area contributed by atoms with Gasteiger partial charge in [0.15, 0.2) is 0 Å². The van der Waals surface area contributed by atoms with Crippen molar-refractivity contribution < 1.29 is 18.7 Å². The van der Waals surface area contributed by atoms with E-state index < -0.39 is 5.97 Å². The number of esters is 1. The molecular formula is C18H17BrN2O4S2. The summed E-state index contributed by atoms with van der Waals surface area (Å²) >= 11 is 6.56. The van der Waals surface area contributed by atoms with E-state index in [0.29, 0.717) is 17.1 Å². The second-order valence-electron chi connectivity index (χ2n) is 5.87. The van der Waals surface area contributed by atoms with Gasteiger partial charge in [-0.15, -0.1) is 22.7 Å². The number of rotatable bonds is 6. The molecule has 0 aliphatic heterocycles. The highest BCUT2D eigenvalue weighted by Gasteiger charge is 2.19. The van der Waals surface area contributed by atoms with Crippen LogP contribution in [0.4, 0.5) is 0 Å². The van der Waals surface area contributed by atoms with Crippen LogP contribution in [0.5, 0.6) is 0 Å². The summed E-state index contributed by atoms with van der Waals surface area (Å²) in [7, 11) is 3.02. The fourth-order valence-corrected chi connectivity index (χ4v) is 4.80. The monoisotopic (exact) mass is 468 g/mol. The number of carbonyl (C=O) groups is 2. The van der Waals surface area contributed by atoms with Crippen molar-refractivity contribution in [1.82, 2.24) is 9.88 Å². The fourth-order valence-electron chi connectivity index (χ4n) is 2.47. The van der Waals surface area contributed by atoms with Crippen LogP contribution in [0, 0.1) is 6.92 Å². The highest BCUT2D eigenvalue weighted by atomic mass is 79.9.